The van der Waals surface area contributed by atoms with E-state index in [1.807, 2.05) is 48.5 Å². The summed E-state index contributed by atoms with van der Waals surface area (Å²) in [6.45, 7) is 2.89. The second-order valence-electron chi connectivity index (χ2n) is 8.07. The minimum absolute atomic E-state index is 0.697. The van der Waals surface area contributed by atoms with Crippen LogP contribution >= 0.6 is 22.7 Å². The van der Waals surface area contributed by atoms with Crippen molar-refractivity contribution >= 4 is 53.4 Å². The van der Waals surface area contributed by atoms with Gasteiger partial charge >= 0.3 is 0 Å². The molecule has 34 heavy (non-hydrogen) atoms. The molecule has 4 heterocycles. The van der Waals surface area contributed by atoms with Crippen molar-refractivity contribution < 1.29 is 13.9 Å². The number of hydrogen-bond donors (Lipinski definition) is 0. The maximum Gasteiger partial charge on any atom is 0.188 e. The van der Waals surface area contributed by atoms with Crippen molar-refractivity contribution in [3.05, 3.63) is 60.6 Å². The molecule has 0 atom stereocenters. The lowest BCUT2D eigenvalue weighted by molar-refractivity contribution is 0.216. The van der Waals surface area contributed by atoms with E-state index in [2.05, 4.69) is 14.7 Å². The molecule has 0 spiro atoms. The molecular formula is C24H23N5O3S2. The number of aromatic nitrogens is 2. The predicted octanol–water partition coefficient (Wildman–Crippen LogP) is 5.22. The average molecular weight is 494 g/mol. The first-order chi connectivity index (χ1) is 16.7. The molecule has 0 aliphatic carbocycles. The van der Waals surface area contributed by atoms with Gasteiger partial charge < -0.3 is 23.7 Å². The number of rotatable bonds is 6. The Morgan fingerprint density at radius 3 is 1.91 bits per heavy atom. The minimum atomic E-state index is 0.697. The van der Waals surface area contributed by atoms with Crippen molar-refractivity contribution in [2.24, 2.45) is 0 Å². The van der Waals surface area contributed by atoms with E-state index in [0.29, 0.717) is 13.2 Å². The Kier molecular flexibility index (Phi) is 5.48. The molecule has 8 nitrogen and oxygen atoms in total. The Morgan fingerprint density at radius 2 is 1.41 bits per heavy atom. The molecule has 10 heteroatoms. The highest BCUT2D eigenvalue weighted by Crippen LogP contribution is 2.36. The third-order valence-electron chi connectivity index (χ3n) is 5.75. The Balaban J connectivity index is 1.34. The highest BCUT2D eigenvalue weighted by Gasteiger charge is 2.28. The van der Waals surface area contributed by atoms with Gasteiger partial charge in [-0.3, -0.25) is 4.90 Å². The SMILES string of the molecule is COc1ccc2nc(N3CN(Cc4ccco4)CN(c4nc5ccc(OC)cc5s4)C3)sc2c1. The number of nitrogens with zero attached hydrogens (tertiary/aromatic N) is 5. The van der Waals surface area contributed by atoms with E-state index < -0.39 is 0 Å². The van der Waals surface area contributed by atoms with Crippen LogP contribution < -0.4 is 19.3 Å². The van der Waals surface area contributed by atoms with Crippen LogP contribution in [0.15, 0.2) is 59.2 Å². The number of furan rings is 1. The van der Waals surface area contributed by atoms with Gasteiger partial charge in [0, 0.05) is 0 Å². The van der Waals surface area contributed by atoms with Crippen LogP contribution in [0.5, 0.6) is 11.5 Å². The van der Waals surface area contributed by atoms with Gasteiger partial charge in [0.05, 0.1) is 67.5 Å². The van der Waals surface area contributed by atoms with Crippen molar-refractivity contribution in [2.75, 3.05) is 44.0 Å². The van der Waals surface area contributed by atoms with Gasteiger partial charge in [-0.2, -0.15) is 0 Å². The summed E-state index contributed by atoms with van der Waals surface area (Å²) < 4.78 is 18.6. The van der Waals surface area contributed by atoms with Gasteiger partial charge in [0.25, 0.3) is 0 Å². The standard InChI is InChI=1S/C24H23N5O3S2/c1-30-16-5-7-19-21(10-16)33-23(25-19)28-13-27(12-18-4-3-9-32-18)14-29(15-28)24-26-20-8-6-17(31-2)11-22(20)34-24/h3-11H,12-15H2,1-2H3. The van der Waals surface area contributed by atoms with Crippen LogP contribution in [-0.2, 0) is 6.54 Å². The molecule has 1 saturated heterocycles. The van der Waals surface area contributed by atoms with E-state index in [4.69, 9.17) is 23.9 Å². The second kappa shape index (κ2) is 8.79. The molecule has 0 saturated carbocycles. The van der Waals surface area contributed by atoms with Crippen LogP contribution in [0.1, 0.15) is 5.76 Å². The number of methoxy groups -OCH3 is 2. The first-order valence-electron chi connectivity index (χ1n) is 10.8. The molecular weight excluding hydrogens is 470 g/mol. The smallest absolute Gasteiger partial charge is 0.188 e. The van der Waals surface area contributed by atoms with Gasteiger partial charge in [0.1, 0.15) is 17.3 Å². The molecule has 0 unspecified atom stereocenters. The van der Waals surface area contributed by atoms with Crippen LogP contribution in [0.25, 0.3) is 20.4 Å². The van der Waals surface area contributed by atoms with Crippen LogP contribution in [0.4, 0.5) is 10.3 Å². The summed E-state index contributed by atoms with van der Waals surface area (Å²) in [4.78, 5) is 16.7. The lowest BCUT2D eigenvalue weighted by Crippen LogP contribution is -2.55. The molecule has 5 aromatic rings. The molecule has 3 aromatic heterocycles. The highest BCUT2D eigenvalue weighted by molar-refractivity contribution is 7.22. The summed E-state index contributed by atoms with van der Waals surface area (Å²) in [6.07, 6.45) is 1.72. The minimum Gasteiger partial charge on any atom is -0.497 e. The number of fused-ring (bicyclic) bond motifs is 2. The molecule has 1 aliphatic heterocycles. The largest absolute Gasteiger partial charge is 0.497 e. The quantitative estimate of drug-likeness (QED) is 0.319. The first-order valence-corrected chi connectivity index (χ1v) is 12.5. The van der Waals surface area contributed by atoms with Crippen molar-refractivity contribution in [1.82, 2.24) is 14.9 Å². The van der Waals surface area contributed by atoms with E-state index >= 15 is 0 Å². The number of benzene rings is 2. The monoisotopic (exact) mass is 493 g/mol. The molecule has 6 rings (SSSR count). The maximum absolute atomic E-state index is 5.63. The van der Waals surface area contributed by atoms with Crippen molar-refractivity contribution in [3.8, 4) is 11.5 Å². The van der Waals surface area contributed by atoms with Gasteiger partial charge in [-0.15, -0.1) is 0 Å². The molecule has 174 valence electrons. The normalized spacial score (nSPS) is 14.9. The van der Waals surface area contributed by atoms with Crippen LogP contribution in [0, 0.1) is 0 Å². The van der Waals surface area contributed by atoms with Crippen LogP contribution in [0.2, 0.25) is 0 Å². The van der Waals surface area contributed by atoms with E-state index in [9.17, 15) is 0 Å². The third kappa shape index (κ3) is 4.04. The Morgan fingerprint density at radius 1 is 0.824 bits per heavy atom. The van der Waals surface area contributed by atoms with E-state index in [-0.39, 0.29) is 0 Å². The van der Waals surface area contributed by atoms with Crippen molar-refractivity contribution in [2.45, 2.75) is 6.54 Å². The van der Waals surface area contributed by atoms with Gasteiger partial charge in [-0.25, -0.2) is 9.97 Å². The Labute approximate surface area is 204 Å². The number of anilines is 2. The van der Waals surface area contributed by atoms with Gasteiger partial charge in [0.2, 0.25) is 0 Å². The van der Waals surface area contributed by atoms with Gasteiger partial charge in [-0.1, -0.05) is 22.7 Å². The van der Waals surface area contributed by atoms with Gasteiger partial charge in [0.15, 0.2) is 10.3 Å². The molecule has 2 aromatic carbocycles. The number of ether oxygens (including phenoxy) is 2. The highest BCUT2D eigenvalue weighted by atomic mass is 32.1. The zero-order valence-corrected chi connectivity index (χ0v) is 20.4. The Bertz CT molecular complexity index is 1340. The van der Waals surface area contributed by atoms with Crippen LogP contribution in [-0.4, -0.2) is 49.1 Å². The first kappa shape index (κ1) is 21.2. The van der Waals surface area contributed by atoms with Crippen molar-refractivity contribution in [3.63, 3.8) is 0 Å². The fraction of sp³-hybridized carbons (Fsp3) is 0.250. The van der Waals surface area contributed by atoms with Gasteiger partial charge in [-0.05, 0) is 48.5 Å². The molecule has 1 fully saturated rings. The van der Waals surface area contributed by atoms with E-state index in [0.717, 1.165) is 61.3 Å². The zero-order chi connectivity index (χ0) is 23.1. The summed E-state index contributed by atoms with van der Waals surface area (Å²) in [7, 11) is 3.37. The summed E-state index contributed by atoms with van der Waals surface area (Å²) in [5, 5.41) is 1.94. The lowest BCUT2D eigenvalue weighted by atomic mass is 10.3. The number of thiazole rings is 2. The lowest BCUT2D eigenvalue weighted by Gasteiger charge is -2.41. The maximum atomic E-state index is 5.63. The summed E-state index contributed by atoms with van der Waals surface area (Å²) in [5.41, 5.74) is 1.95. The summed E-state index contributed by atoms with van der Waals surface area (Å²) in [5.74, 6) is 2.62. The summed E-state index contributed by atoms with van der Waals surface area (Å²) in [6, 6.07) is 15.9. The number of hydrogen-bond acceptors (Lipinski definition) is 10. The zero-order valence-electron chi connectivity index (χ0n) is 18.8. The molecule has 0 amide bonds. The molecule has 0 N–H and O–H groups in total. The average Bonchev–Trinajstić information content (AvgIpc) is 3.62. The fourth-order valence-corrected chi connectivity index (χ4v) is 6.06. The Hall–Kier alpha value is -3.34. The van der Waals surface area contributed by atoms with Crippen LogP contribution in [0.3, 0.4) is 0 Å². The second-order valence-corrected chi connectivity index (χ2v) is 10.1. The summed E-state index contributed by atoms with van der Waals surface area (Å²) >= 11 is 3.35. The van der Waals surface area contributed by atoms with E-state index in [1.54, 1.807) is 43.2 Å². The van der Waals surface area contributed by atoms with Crippen molar-refractivity contribution in [1.29, 1.82) is 0 Å². The molecule has 1 aliphatic rings. The predicted molar refractivity (Wildman–Crippen MR) is 136 cm³/mol. The molecule has 0 bridgehead atoms. The fourth-order valence-electron chi connectivity index (χ4n) is 4.10. The van der Waals surface area contributed by atoms with E-state index in [1.165, 1.54) is 0 Å². The topological polar surface area (TPSA) is 67.1 Å². The third-order valence-corrected chi connectivity index (χ3v) is 7.91. The molecule has 0 radical (unpaired) electrons.